The first-order chi connectivity index (χ1) is 12.7. The molecule has 132 valence electrons. The molecule has 2 heterocycles. The lowest BCUT2D eigenvalue weighted by Crippen LogP contribution is -1.99. The van der Waals surface area contributed by atoms with E-state index in [9.17, 15) is 0 Å². The maximum Gasteiger partial charge on any atom is 0.234 e. The Morgan fingerprint density at radius 3 is 2.62 bits per heavy atom. The van der Waals surface area contributed by atoms with Gasteiger partial charge in [0.05, 0.1) is 14.2 Å². The highest BCUT2D eigenvalue weighted by atomic mass is 32.1. The van der Waals surface area contributed by atoms with Gasteiger partial charge < -0.3 is 9.47 Å². The summed E-state index contributed by atoms with van der Waals surface area (Å²) in [6.07, 6.45) is 0.610. The fraction of sp³-hybridized carbons (Fsp3) is 0.211. The molecule has 0 amide bonds. The van der Waals surface area contributed by atoms with Crippen molar-refractivity contribution in [1.82, 2.24) is 19.8 Å². The average molecular weight is 366 g/mol. The van der Waals surface area contributed by atoms with Gasteiger partial charge in [0.15, 0.2) is 17.3 Å². The van der Waals surface area contributed by atoms with Gasteiger partial charge in [-0.2, -0.15) is 9.61 Å². The molecular weight excluding hydrogens is 348 g/mol. The van der Waals surface area contributed by atoms with Crippen LogP contribution in [0.1, 0.15) is 17.0 Å². The van der Waals surface area contributed by atoms with Crippen molar-refractivity contribution in [1.29, 1.82) is 0 Å². The second-order valence-corrected chi connectivity index (χ2v) is 6.91. The molecule has 0 N–H and O–H groups in total. The van der Waals surface area contributed by atoms with Gasteiger partial charge in [-0.05, 0) is 30.7 Å². The summed E-state index contributed by atoms with van der Waals surface area (Å²) in [4.78, 5) is 0.789. The molecule has 0 unspecified atom stereocenters. The predicted molar refractivity (Wildman–Crippen MR) is 101 cm³/mol. The maximum atomic E-state index is 5.38. The summed E-state index contributed by atoms with van der Waals surface area (Å²) < 4.78 is 12.5. The van der Waals surface area contributed by atoms with Gasteiger partial charge >= 0.3 is 0 Å². The van der Waals surface area contributed by atoms with E-state index < -0.39 is 0 Å². The molecule has 6 nitrogen and oxygen atoms in total. The molecule has 0 atom stereocenters. The van der Waals surface area contributed by atoms with Crippen molar-refractivity contribution >= 4 is 16.3 Å². The number of aryl methyl sites for hydroxylation is 1. The van der Waals surface area contributed by atoms with Gasteiger partial charge in [-0.1, -0.05) is 41.2 Å². The molecule has 0 saturated carbocycles. The van der Waals surface area contributed by atoms with Crippen LogP contribution in [-0.2, 0) is 6.42 Å². The van der Waals surface area contributed by atoms with Crippen LogP contribution in [0.4, 0.5) is 0 Å². The largest absolute Gasteiger partial charge is 0.493 e. The van der Waals surface area contributed by atoms with Gasteiger partial charge in [-0.15, -0.1) is 10.2 Å². The third-order valence-corrected chi connectivity index (χ3v) is 5.08. The second-order valence-electron chi connectivity index (χ2n) is 5.95. The van der Waals surface area contributed by atoms with E-state index in [4.69, 9.17) is 14.6 Å². The first-order valence-corrected chi connectivity index (χ1v) is 8.98. The van der Waals surface area contributed by atoms with Crippen LogP contribution in [0.25, 0.3) is 15.5 Å². The molecule has 2 aromatic carbocycles. The Kier molecular flexibility index (Phi) is 4.30. The highest BCUT2D eigenvalue weighted by molar-refractivity contribution is 7.19. The minimum atomic E-state index is 0.610. The monoisotopic (exact) mass is 366 g/mol. The van der Waals surface area contributed by atoms with Crippen LogP contribution in [0.15, 0.2) is 42.5 Å². The highest BCUT2D eigenvalue weighted by Gasteiger charge is 2.14. The van der Waals surface area contributed by atoms with E-state index in [1.165, 1.54) is 16.9 Å². The molecule has 4 aromatic rings. The molecule has 0 aliphatic heterocycles. The van der Waals surface area contributed by atoms with Crippen LogP contribution in [0, 0.1) is 6.92 Å². The van der Waals surface area contributed by atoms with Crippen molar-refractivity contribution in [3.05, 3.63) is 59.4 Å². The molecule has 7 heteroatoms. The average Bonchev–Trinajstić information content (AvgIpc) is 3.23. The van der Waals surface area contributed by atoms with E-state index in [1.54, 1.807) is 14.2 Å². The Hall–Kier alpha value is -2.93. The number of benzene rings is 2. The van der Waals surface area contributed by atoms with Crippen LogP contribution >= 0.6 is 11.3 Å². The summed E-state index contributed by atoms with van der Waals surface area (Å²) >= 11 is 1.54. The summed E-state index contributed by atoms with van der Waals surface area (Å²) in [5.41, 5.74) is 3.36. The maximum absolute atomic E-state index is 5.38. The fourth-order valence-electron chi connectivity index (χ4n) is 2.84. The zero-order valence-electron chi connectivity index (χ0n) is 14.8. The van der Waals surface area contributed by atoms with Gasteiger partial charge in [0, 0.05) is 12.0 Å². The molecule has 0 bridgehead atoms. The number of hydrogen-bond acceptors (Lipinski definition) is 6. The van der Waals surface area contributed by atoms with Gasteiger partial charge in [-0.3, -0.25) is 0 Å². The van der Waals surface area contributed by atoms with Gasteiger partial charge in [0.1, 0.15) is 5.01 Å². The second kappa shape index (κ2) is 6.76. The van der Waals surface area contributed by atoms with E-state index in [2.05, 4.69) is 35.3 Å². The number of hydrogen-bond donors (Lipinski definition) is 0. The minimum Gasteiger partial charge on any atom is -0.493 e. The molecule has 26 heavy (non-hydrogen) atoms. The van der Waals surface area contributed by atoms with Crippen LogP contribution in [0.3, 0.4) is 0 Å². The molecule has 0 fully saturated rings. The first-order valence-electron chi connectivity index (χ1n) is 8.17. The summed E-state index contributed by atoms with van der Waals surface area (Å²) in [6.45, 7) is 2.08. The molecule has 0 aliphatic carbocycles. The van der Waals surface area contributed by atoms with Crippen LogP contribution in [0.2, 0.25) is 0 Å². The van der Waals surface area contributed by atoms with E-state index in [1.807, 2.05) is 28.8 Å². The Balaban J connectivity index is 1.67. The van der Waals surface area contributed by atoms with E-state index in [0.29, 0.717) is 17.9 Å². The summed E-state index contributed by atoms with van der Waals surface area (Å²) in [5, 5.41) is 14.2. The number of methoxy groups -OCH3 is 2. The topological polar surface area (TPSA) is 61.5 Å². The van der Waals surface area contributed by atoms with Gasteiger partial charge in [0.25, 0.3) is 0 Å². The standard InChI is InChI=1S/C19H18N4O2S/c1-12-5-4-6-14(9-12)18-22-23-17(20-21-19(23)26-18)11-13-7-8-15(24-2)16(10-13)25-3/h4-10H,11H2,1-3H3. The van der Waals surface area contributed by atoms with Crippen molar-refractivity contribution < 1.29 is 9.47 Å². The predicted octanol–water partition coefficient (Wildman–Crippen LogP) is 3.77. The summed E-state index contributed by atoms with van der Waals surface area (Å²) in [5.74, 6) is 2.20. The Morgan fingerprint density at radius 1 is 1.00 bits per heavy atom. The van der Waals surface area contributed by atoms with Crippen molar-refractivity contribution in [3.8, 4) is 22.1 Å². The van der Waals surface area contributed by atoms with Gasteiger partial charge in [0.2, 0.25) is 4.96 Å². The SMILES string of the molecule is COc1ccc(Cc2nnc3sc(-c4cccc(C)c4)nn23)cc1OC. The van der Waals surface area contributed by atoms with Crippen molar-refractivity contribution in [2.24, 2.45) is 0 Å². The van der Waals surface area contributed by atoms with Crippen LogP contribution < -0.4 is 9.47 Å². The normalized spacial score (nSPS) is 11.0. The third-order valence-electron chi connectivity index (χ3n) is 4.13. The Bertz CT molecular complexity index is 1070. The zero-order chi connectivity index (χ0) is 18.1. The molecular formula is C19H18N4O2S. The molecule has 2 aromatic heterocycles. The lowest BCUT2D eigenvalue weighted by atomic mass is 10.1. The molecule has 0 aliphatic rings. The van der Waals surface area contributed by atoms with Gasteiger partial charge in [-0.25, -0.2) is 0 Å². The number of nitrogens with zero attached hydrogens (tertiary/aromatic N) is 4. The Morgan fingerprint density at radius 2 is 1.85 bits per heavy atom. The lowest BCUT2D eigenvalue weighted by molar-refractivity contribution is 0.354. The highest BCUT2D eigenvalue weighted by Crippen LogP contribution is 2.29. The third kappa shape index (κ3) is 3.01. The lowest BCUT2D eigenvalue weighted by Gasteiger charge is -2.08. The molecule has 0 saturated heterocycles. The van der Waals surface area contributed by atoms with Crippen molar-refractivity contribution in [2.75, 3.05) is 14.2 Å². The number of rotatable bonds is 5. The van der Waals surface area contributed by atoms with E-state index >= 15 is 0 Å². The first kappa shape index (κ1) is 16.5. The number of fused-ring (bicyclic) bond motifs is 1. The summed E-state index contributed by atoms with van der Waals surface area (Å²) in [6, 6.07) is 14.1. The Labute approximate surface area is 155 Å². The van der Waals surface area contributed by atoms with Crippen LogP contribution in [0.5, 0.6) is 11.5 Å². The van der Waals surface area contributed by atoms with Crippen molar-refractivity contribution in [3.63, 3.8) is 0 Å². The molecule has 0 spiro atoms. The number of ether oxygens (including phenoxy) is 2. The zero-order valence-corrected chi connectivity index (χ0v) is 15.6. The quantitative estimate of drug-likeness (QED) is 0.538. The smallest absolute Gasteiger partial charge is 0.234 e. The van der Waals surface area contributed by atoms with Crippen molar-refractivity contribution in [2.45, 2.75) is 13.3 Å². The van der Waals surface area contributed by atoms with E-state index in [-0.39, 0.29) is 0 Å². The fourth-order valence-corrected chi connectivity index (χ4v) is 3.69. The number of aromatic nitrogens is 4. The minimum absolute atomic E-state index is 0.610. The molecule has 0 radical (unpaired) electrons. The molecule has 4 rings (SSSR count). The van der Waals surface area contributed by atoms with Crippen LogP contribution in [-0.4, -0.2) is 34.0 Å². The van der Waals surface area contributed by atoms with E-state index in [0.717, 1.165) is 26.9 Å². The summed E-state index contributed by atoms with van der Waals surface area (Å²) in [7, 11) is 3.26.